The summed E-state index contributed by atoms with van der Waals surface area (Å²) in [6.45, 7) is 7.61. The number of methoxy groups -OCH3 is 2. The molecule has 0 aromatic heterocycles. The summed E-state index contributed by atoms with van der Waals surface area (Å²) >= 11 is 3.11. The molecule has 3 rings (SSSR count). The average molecular weight is 950 g/mol. The maximum atomic E-state index is 12.0. The normalized spacial score (nSPS) is 30.5. The highest BCUT2D eigenvalue weighted by molar-refractivity contribution is 9.09. The minimum atomic E-state index is -1.68. The summed E-state index contributed by atoms with van der Waals surface area (Å²) in [7, 11) is 2.18. The van der Waals surface area contributed by atoms with Gasteiger partial charge in [-0.2, -0.15) is 0 Å². The van der Waals surface area contributed by atoms with Crippen molar-refractivity contribution in [1.82, 2.24) is 0 Å². The van der Waals surface area contributed by atoms with Crippen LogP contribution in [0.5, 0.6) is 0 Å². The Morgan fingerprint density at radius 2 is 0.918 bits per heavy atom. The topological polar surface area (TPSA) is 359 Å². The van der Waals surface area contributed by atoms with Crippen molar-refractivity contribution in [2.45, 2.75) is 133 Å². The van der Waals surface area contributed by atoms with Crippen LogP contribution in [-0.2, 0) is 110 Å². The molecule has 0 aromatic carbocycles. The second-order valence-corrected chi connectivity index (χ2v) is 13.3. The van der Waals surface area contributed by atoms with E-state index in [1.165, 1.54) is 0 Å². The van der Waals surface area contributed by atoms with Gasteiger partial charge in [-0.3, -0.25) is 33.6 Å². The van der Waals surface area contributed by atoms with Crippen molar-refractivity contribution in [1.29, 1.82) is 0 Å². The molecular weight excluding hydrogens is 904 g/mol. The Bertz CT molecular complexity index is 1630. The predicted molar refractivity (Wildman–Crippen MR) is 189 cm³/mol. The molecule has 0 spiro atoms. The lowest BCUT2D eigenvalue weighted by molar-refractivity contribution is -0.294. The van der Waals surface area contributed by atoms with E-state index in [0.29, 0.717) is 0 Å². The summed E-state index contributed by atoms with van der Waals surface area (Å²) in [5.74, 6) is -8.24. The maximum absolute atomic E-state index is 12.0. The lowest BCUT2D eigenvalue weighted by Gasteiger charge is -2.42. The molecule has 0 bridgehead atoms. The van der Waals surface area contributed by atoms with E-state index in [2.05, 4.69) is 30.1 Å². The van der Waals surface area contributed by atoms with Gasteiger partial charge in [-0.1, -0.05) is 15.9 Å². The minimum absolute atomic E-state index is 0.124. The van der Waals surface area contributed by atoms with Gasteiger partial charge in [-0.15, -0.1) is 0 Å². The van der Waals surface area contributed by atoms with E-state index in [0.717, 1.165) is 62.7 Å². The van der Waals surface area contributed by atoms with Gasteiger partial charge in [0.1, 0.15) is 12.2 Å². The highest BCUT2D eigenvalue weighted by Gasteiger charge is 2.57. The van der Waals surface area contributed by atoms with Crippen molar-refractivity contribution >= 4 is 81.9 Å². The second kappa shape index (κ2) is 24.8. The summed E-state index contributed by atoms with van der Waals surface area (Å²) in [6, 6.07) is 0. The number of hydrogen-bond donors (Lipinski definition) is 3. The molecule has 0 saturated carbocycles. The van der Waals surface area contributed by atoms with Crippen molar-refractivity contribution in [2.75, 3.05) is 14.2 Å². The highest BCUT2D eigenvalue weighted by atomic mass is 79.9. The van der Waals surface area contributed by atoms with Gasteiger partial charge in [0.2, 0.25) is 12.4 Å². The Morgan fingerprint density at radius 1 is 0.574 bits per heavy atom. The van der Waals surface area contributed by atoms with Gasteiger partial charge in [-0.05, 0) is 0 Å². The Kier molecular flexibility index (Phi) is 21.8. The molecule has 3 fully saturated rings. The fraction of sp³-hybridized carbons (Fsp3) is 0.676. The first kappa shape index (κ1) is 53.7. The van der Waals surface area contributed by atoms with Crippen LogP contribution in [0.15, 0.2) is 0 Å². The Hall–Kier alpha value is -5.35. The third-order valence-electron chi connectivity index (χ3n) is 7.57. The van der Waals surface area contributed by atoms with Crippen LogP contribution in [0.2, 0.25) is 0 Å². The molecule has 26 nitrogen and oxygen atoms in total. The van der Waals surface area contributed by atoms with Gasteiger partial charge >= 0.3 is 59.7 Å². The molecule has 0 amide bonds. The molecule has 0 radical (unpaired) electrons. The first-order valence-corrected chi connectivity index (χ1v) is 18.2. The van der Waals surface area contributed by atoms with Crippen LogP contribution < -0.4 is 0 Å². The number of rotatable bonds is 11. The van der Waals surface area contributed by atoms with E-state index in [1.54, 1.807) is 0 Å². The monoisotopic (exact) mass is 948 g/mol. The third-order valence-corrected chi connectivity index (χ3v) is 8.30. The lowest BCUT2D eigenvalue weighted by Crippen LogP contribution is -2.64. The molecule has 61 heavy (non-hydrogen) atoms. The Morgan fingerprint density at radius 3 is 1.26 bits per heavy atom. The molecule has 3 saturated heterocycles. The SMILES string of the molecule is COC(=O)[C@H]1OC(OC(C)=O)[C@H](OC(C)=O)[C@@H](OC(C)=O)[C@@H]1OC(C)=O.COC(=O)[C@H]1O[C@H](Br)[C@H](OC(C)=O)[C@@H](OC(C)=O)[C@@H]1OC(C)=O.O=CC(O)C1OC(=O)[C@@H](O)[C@H]1O. The fourth-order valence-corrected chi connectivity index (χ4v) is 5.99. The smallest absolute Gasteiger partial charge is 0.339 e. The molecule has 3 aliphatic heterocycles. The molecule has 14 atom stereocenters. The molecular formula is C34H45BrO26. The number of cyclic esters (lactones) is 1. The first-order chi connectivity index (χ1) is 28.3. The van der Waals surface area contributed by atoms with Gasteiger partial charge in [0.05, 0.1) is 14.2 Å². The van der Waals surface area contributed by atoms with E-state index < -0.39 is 144 Å². The maximum Gasteiger partial charge on any atom is 0.339 e. The number of alkyl halides is 1. The molecule has 3 aliphatic rings. The van der Waals surface area contributed by atoms with Gasteiger partial charge in [-0.25, -0.2) is 14.4 Å². The van der Waals surface area contributed by atoms with Crippen LogP contribution in [0, 0.1) is 0 Å². The van der Waals surface area contributed by atoms with Gasteiger partial charge in [0, 0.05) is 48.5 Å². The number of aliphatic hydroxyl groups is 3. The standard InChI is InChI=1S/C15H20O11.C13H17BrO9.C6H8O6/c1-6(16)22-10-11(23-7(2)17)13(24-8(3)18)15(25-9(4)19)26-12(10)14(20)21-5;1-5(15)20-8-9(21-6(2)16)11(13(18)19-4)23-12(14)10(8)22-7(3)17;7-1-2(8)5-3(9)4(10)6(11)12-5/h10-13,15H,1-5H3;8-12H,1-4H3;1-5,8-10H/t10-,11-,12-,13+,15?;8-,9-,10+,11-,12-;2?,3-,4+,5?/m001/s1. The minimum Gasteiger partial charge on any atom is -0.467 e. The van der Waals surface area contributed by atoms with Crippen LogP contribution in [0.3, 0.4) is 0 Å². The van der Waals surface area contributed by atoms with E-state index >= 15 is 0 Å². The fourth-order valence-electron chi connectivity index (χ4n) is 5.35. The zero-order valence-corrected chi connectivity index (χ0v) is 35.4. The van der Waals surface area contributed by atoms with Crippen molar-refractivity contribution in [3.8, 4) is 0 Å². The summed E-state index contributed by atoms with van der Waals surface area (Å²) in [5.41, 5.74) is 0. The summed E-state index contributed by atoms with van der Waals surface area (Å²) in [6.07, 6.45) is -18.8. The van der Waals surface area contributed by atoms with Crippen molar-refractivity contribution in [3.05, 3.63) is 0 Å². The van der Waals surface area contributed by atoms with Crippen LogP contribution in [0.1, 0.15) is 48.5 Å². The van der Waals surface area contributed by atoms with Gasteiger partial charge in [0.25, 0.3) is 0 Å². The van der Waals surface area contributed by atoms with Gasteiger partial charge < -0.3 is 77.0 Å². The Balaban J connectivity index is 0.000000486. The largest absolute Gasteiger partial charge is 0.467 e. The third kappa shape index (κ3) is 16.2. The number of hydrogen-bond acceptors (Lipinski definition) is 26. The van der Waals surface area contributed by atoms with E-state index in [4.69, 9.17) is 58.0 Å². The molecule has 3 N–H and O–H groups in total. The van der Waals surface area contributed by atoms with E-state index in [-0.39, 0.29) is 6.29 Å². The molecule has 3 heterocycles. The highest BCUT2D eigenvalue weighted by Crippen LogP contribution is 2.33. The quantitative estimate of drug-likeness (QED) is 0.0783. The summed E-state index contributed by atoms with van der Waals surface area (Å²) in [4.78, 5) is 124. The molecule has 344 valence electrons. The lowest BCUT2D eigenvalue weighted by atomic mass is 9.97. The molecule has 0 aromatic rings. The molecule has 27 heteroatoms. The molecule has 3 unspecified atom stereocenters. The number of aldehydes is 1. The average Bonchev–Trinajstić information content (AvgIpc) is 3.41. The summed E-state index contributed by atoms with van der Waals surface area (Å²) in [5, 5.41) is 25.7. The number of carbonyl (C=O) groups excluding carboxylic acids is 11. The van der Waals surface area contributed by atoms with Crippen LogP contribution in [0.4, 0.5) is 0 Å². The first-order valence-electron chi connectivity index (χ1n) is 17.3. The second-order valence-electron chi connectivity index (χ2n) is 12.4. The summed E-state index contributed by atoms with van der Waals surface area (Å²) < 4.78 is 59.5. The Labute approximate surface area is 353 Å². The van der Waals surface area contributed by atoms with Crippen LogP contribution in [0.25, 0.3) is 0 Å². The van der Waals surface area contributed by atoms with Crippen molar-refractivity contribution < 1.29 is 125 Å². The van der Waals surface area contributed by atoms with Gasteiger partial charge in [0.15, 0.2) is 66.2 Å². The van der Waals surface area contributed by atoms with Crippen LogP contribution in [-0.4, -0.2) is 180 Å². The zero-order valence-electron chi connectivity index (χ0n) is 33.8. The predicted octanol–water partition coefficient (Wildman–Crippen LogP) is -3.49. The van der Waals surface area contributed by atoms with Crippen molar-refractivity contribution in [3.63, 3.8) is 0 Å². The number of ether oxygens (including phenoxy) is 12. The van der Waals surface area contributed by atoms with E-state index in [1.807, 2.05) is 0 Å². The number of esters is 10. The zero-order chi connectivity index (χ0) is 47.0. The van der Waals surface area contributed by atoms with Crippen molar-refractivity contribution in [2.24, 2.45) is 0 Å². The molecule has 0 aliphatic carbocycles. The van der Waals surface area contributed by atoms with Crippen LogP contribution >= 0.6 is 15.9 Å². The van der Waals surface area contributed by atoms with E-state index in [9.17, 15) is 52.7 Å². The number of carbonyl (C=O) groups is 11. The number of aliphatic hydroxyl groups excluding tert-OH is 3. The number of halogens is 1.